The fraction of sp³-hybridized carbons (Fsp3) is 0.211. The summed E-state index contributed by atoms with van der Waals surface area (Å²) in [7, 11) is 5.23. The van der Waals surface area contributed by atoms with Gasteiger partial charge in [-0.25, -0.2) is 4.39 Å². The topological polar surface area (TPSA) is 31.6 Å². The van der Waals surface area contributed by atoms with E-state index in [-0.39, 0.29) is 5.82 Å². The minimum absolute atomic E-state index is 0.299. The predicted octanol–water partition coefficient (Wildman–Crippen LogP) is 3.38. The zero-order valence-electron chi connectivity index (χ0n) is 13.7. The highest BCUT2D eigenvalue weighted by Crippen LogP contribution is 2.38. The van der Waals surface area contributed by atoms with Gasteiger partial charge in [0, 0.05) is 6.07 Å². The normalized spacial score (nSPS) is 12.3. The fourth-order valence-electron chi connectivity index (χ4n) is 3.31. The molecule has 0 unspecified atom stereocenters. The molecule has 1 aliphatic heterocycles. The number of halogens is 1. The van der Waals surface area contributed by atoms with Crippen LogP contribution in [-0.2, 0) is 13.7 Å². The first-order valence-corrected chi connectivity index (χ1v) is 7.62. The molecule has 0 bridgehead atoms. The standard InChI is InChI=1S/C19H17FNO3/c1-21-15-9-18(23-3)17(22-2)7-11(15)6-12-10-24-16-8-13(20)4-5-14(16)19(12)21/h4-9H,10H2,1-3H3/q+1. The number of nitrogens with zero attached hydrogens (tertiary/aromatic N) is 1. The Labute approximate surface area is 139 Å². The summed E-state index contributed by atoms with van der Waals surface area (Å²) in [4.78, 5) is 0. The Kier molecular flexibility index (Phi) is 3.30. The van der Waals surface area contributed by atoms with Gasteiger partial charge in [0.1, 0.15) is 25.2 Å². The van der Waals surface area contributed by atoms with Crippen molar-refractivity contribution in [3.63, 3.8) is 0 Å². The van der Waals surface area contributed by atoms with Gasteiger partial charge in [-0.15, -0.1) is 0 Å². The van der Waals surface area contributed by atoms with Crippen LogP contribution in [0.4, 0.5) is 4.39 Å². The summed E-state index contributed by atoms with van der Waals surface area (Å²) in [5.41, 5.74) is 3.97. The summed E-state index contributed by atoms with van der Waals surface area (Å²) in [6.07, 6.45) is 0. The highest BCUT2D eigenvalue weighted by Gasteiger charge is 2.28. The number of aryl methyl sites for hydroxylation is 1. The fourth-order valence-corrected chi connectivity index (χ4v) is 3.31. The lowest BCUT2D eigenvalue weighted by Crippen LogP contribution is -2.35. The van der Waals surface area contributed by atoms with Crippen molar-refractivity contribution >= 4 is 10.9 Å². The average molecular weight is 326 g/mol. The maximum Gasteiger partial charge on any atom is 0.223 e. The largest absolute Gasteiger partial charge is 0.493 e. The van der Waals surface area contributed by atoms with E-state index in [2.05, 4.69) is 10.6 Å². The smallest absolute Gasteiger partial charge is 0.223 e. The average Bonchev–Trinajstić information content (AvgIpc) is 2.60. The predicted molar refractivity (Wildman–Crippen MR) is 88.0 cm³/mol. The van der Waals surface area contributed by atoms with Crippen LogP contribution >= 0.6 is 0 Å². The number of rotatable bonds is 2. The van der Waals surface area contributed by atoms with Crippen LogP contribution in [0.2, 0.25) is 0 Å². The van der Waals surface area contributed by atoms with Crippen molar-refractivity contribution < 1.29 is 23.2 Å². The number of hydrogen-bond acceptors (Lipinski definition) is 3. The van der Waals surface area contributed by atoms with E-state index in [1.54, 1.807) is 20.3 Å². The van der Waals surface area contributed by atoms with Crippen molar-refractivity contribution in [3.05, 3.63) is 47.8 Å². The first-order valence-electron chi connectivity index (χ1n) is 7.62. The van der Waals surface area contributed by atoms with Crippen molar-refractivity contribution in [1.29, 1.82) is 0 Å². The SMILES string of the molecule is COc1cc2cc3c([n+](C)c2cc1OC)-c1ccc(F)cc1OC3. The zero-order valence-corrected chi connectivity index (χ0v) is 13.7. The third-order valence-electron chi connectivity index (χ3n) is 4.45. The molecule has 0 saturated carbocycles. The van der Waals surface area contributed by atoms with Crippen LogP contribution in [-0.4, -0.2) is 14.2 Å². The van der Waals surface area contributed by atoms with E-state index < -0.39 is 0 Å². The first-order chi connectivity index (χ1) is 11.6. The number of methoxy groups -OCH3 is 2. The summed E-state index contributed by atoms with van der Waals surface area (Å²) >= 11 is 0. The summed E-state index contributed by atoms with van der Waals surface area (Å²) in [6, 6.07) is 10.6. The highest BCUT2D eigenvalue weighted by molar-refractivity contribution is 5.84. The summed E-state index contributed by atoms with van der Waals surface area (Å²) in [6.45, 7) is 0.407. The lowest BCUT2D eigenvalue weighted by Gasteiger charge is -2.19. The molecule has 0 atom stereocenters. The van der Waals surface area contributed by atoms with Gasteiger partial charge < -0.3 is 14.2 Å². The van der Waals surface area contributed by atoms with Crippen LogP contribution < -0.4 is 18.8 Å². The quantitative estimate of drug-likeness (QED) is 0.677. The number of ether oxygens (including phenoxy) is 3. The number of fused-ring (bicyclic) bond motifs is 4. The molecule has 0 N–H and O–H groups in total. The number of pyridine rings is 1. The monoisotopic (exact) mass is 326 g/mol. The Hall–Kier alpha value is -2.82. The van der Waals surface area contributed by atoms with Crippen molar-refractivity contribution in [2.75, 3.05) is 14.2 Å². The van der Waals surface area contributed by atoms with Crippen LogP contribution in [0.3, 0.4) is 0 Å². The van der Waals surface area contributed by atoms with Crippen LogP contribution in [0.1, 0.15) is 5.56 Å². The van der Waals surface area contributed by atoms with E-state index in [4.69, 9.17) is 14.2 Å². The number of benzene rings is 2. The van der Waals surface area contributed by atoms with Crippen molar-refractivity contribution in [2.45, 2.75) is 6.61 Å². The molecular formula is C19H17FNO3+. The van der Waals surface area contributed by atoms with E-state index in [0.29, 0.717) is 23.9 Å². The van der Waals surface area contributed by atoms with E-state index in [0.717, 1.165) is 27.7 Å². The minimum Gasteiger partial charge on any atom is -0.493 e. The van der Waals surface area contributed by atoms with E-state index in [1.165, 1.54) is 12.1 Å². The van der Waals surface area contributed by atoms with Gasteiger partial charge in [-0.3, -0.25) is 0 Å². The molecule has 24 heavy (non-hydrogen) atoms. The summed E-state index contributed by atoms with van der Waals surface area (Å²) in [5, 5.41) is 1.03. The Morgan fingerprint density at radius 2 is 1.79 bits per heavy atom. The molecule has 0 aliphatic carbocycles. The lowest BCUT2D eigenvalue weighted by molar-refractivity contribution is -0.634. The molecule has 0 radical (unpaired) electrons. The van der Waals surface area contributed by atoms with Crippen molar-refractivity contribution in [1.82, 2.24) is 0 Å². The lowest BCUT2D eigenvalue weighted by atomic mass is 9.99. The molecular weight excluding hydrogens is 309 g/mol. The molecule has 1 aliphatic rings. The molecule has 2 heterocycles. The second-order valence-corrected chi connectivity index (χ2v) is 5.77. The van der Waals surface area contributed by atoms with Crippen LogP contribution in [0.5, 0.6) is 17.2 Å². The van der Waals surface area contributed by atoms with Gasteiger partial charge in [-0.1, -0.05) is 0 Å². The third-order valence-corrected chi connectivity index (χ3v) is 4.45. The van der Waals surface area contributed by atoms with Crippen molar-refractivity contribution in [3.8, 4) is 28.5 Å². The summed E-state index contributed by atoms with van der Waals surface area (Å²) in [5.74, 6) is 1.63. The zero-order chi connectivity index (χ0) is 16.8. The van der Waals surface area contributed by atoms with Gasteiger partial charge >= 0.3 is 0 Å². The van der Waals surface area contributed by atoms with E-state index in [9.17, 15) is 4.39 Å². The van der Waals surface area contributed by atoms with E-state index in [1.807, 2.05) is 19.2 Å². The van der Waals surface area contributed by atoms with E-state index >= 15 is 0 Å². The van der Waals surface area contributed by atoms with Crippen LogP contribution in [0.15, 0.2) is 36.4 Å². The Morgan fingerprint density at radius 3 is 2.54 bits per heavy atom. The molecule has 2 aromatic carbocycles. The van der Waals surface area contributed by atoms with Crippen molar-refractivity contribution in [2.24, 2.45) is 7.05 Å². The Bertz CT molecular complexity index is 969. The molecule has 4 rings (SSSR count). The molecule has 0 fully saturated rings. The number of aromatic nitrogens is 1. The maximum atomic E-state index is 13.5. The van der Waals surface area contributed by atoms with Gasteiger partial charge in [0.2, 0.25) is 11.2 Å². The molecule has 0 amide bonds. The number of hydrogen-bond donors (Lipinski definition) is 0. The minimum atomic E-state index is -0.299. The highest BCUT2D eigenvalue weighted by atomic mass is 19.1. The molecule has 1 aromatic heterocycles. The van der Waals surface area contributed by atoms with Crippen LogP contribution in [0.25, 0.3) is 22.2 Å². The Balaban J connectivity index is 2.03. The van der Waals surface area contributed by atoms with Gasteiger partial charge in [0.25, 0.3) is 0 Å². The molecule has 5 heteroatoms. The first kappa shape index (κ1) is 14.8. The molecule has 122 valence electrons. The molecule has 0 spiro atoms. The molecule has 4 nitrogen and oxygen atoms in total. The third kappa shape index (κ3) is 2.08. The van der Waals surface area contributed by atoms with Crippen LogP contribution in [0, 0.1) is 5.82 Å². The van der Waals surface area contributed by atoms with Gasteiger partial charge in [0.15, 0.2) is 11.5 Å². The second kappa shape index (κ2) is 5.37. The molecule has 0 saturated heterocycles. The summed E-state index contributed by atoms with van der Waals surface area (Å²) < 4.78 is 32.1. The Morgan fingerprint density at radius 1 is 1.04 bits per heavy atom. The van der Waals surface area contributed by atoms with Gasteiger partial charge in [-0.2, -0.15) is 4.57 Å². The molecule has 3 aromatic rings. The van der Waals surface area contributed by atoms with Gasteiger partial charge in [0.05, 0.1) is 36.8 Å². The van der Waals surface area contributed by atoms with Gasteiger partial charge in [-0.05, 0) is 24.3 Å². The second-order valence-electron chi connectivity index (χ2n) is 5.77. The maximum absolute atomic E-state index is 13.5.